The molecule has 0 bridgehead atoms. The minimum Gasteiger partial charge on any atom is -0.481 e. The third-order valence-corrected chi connectivity index (χ3v) is 9.49. The Morgan fingerprint density at radius 3 is 0.926 bits per heavy atom. The van der Waals surface area contributed by atoms with Gasteiger partial charge in [-0.3, -0.25) is 14.4 Å². The summed E-state index contributed by atoms with van der Waals surface area (Å²) >= 11 is 3.39. The van der Waals surface area contributed by atoms with Gasteiger partial charge in [-0.15, -0.1) is 0 Å². The Balaban J connectivity index is -0.000000752. The third kappa shape index (κ3) is 45.1. The third-order valence-electron chi connectivity index (χ3n) is 8.84. The van der Waals surface area contributed by atoms with Gasteiger partial charge in [0.25, 0.3) is 0 Å². The highest BCUT2D eigenvalue weighted by molar-refractivity contribution is 9.08. The summed E-state index contributed by atoms with van der Waals surface area (Å²) < 4.78 is 9.55. The number of ether oxygens (including phenoxy) is 2. The lowest BCUT2D eigenvalue weighted by Gasteiger charge is -2.02. The van der Waals surface area contributed by atoms with Crippen molar-refractivity contribution in [3.05, 3.63) is 178 Å². The van der Waals surface area contributed by atoms with Gasteiger partial charge in [-0.05, 0) is 77.5 Å². The van der Waals surface area contributed by atoms with E-state index < -0.39 is 5.97 Å². The van der Waals surface area contributed by atoms with Gasteiger partial charge in [-0.1, -0.05) is 250 Å². The summed E-state index contributed by atoms with van der Waals surface area (Å²) in [5.74, 6) is -0.423. The Kier molecular flexibility index (Phi) is 51.4. The van der Waals surface area contributed by atoms with Crippen LogP contribution in [0.15, 0.2) is 140 Å². The van der Waals surface area contributed by atoms with Gasteiger partial charge in [0.1, 0.15) is 13.2 Å². The number of halogens is 1. The number of aliphatic carboxylic acids is 1. The molecule has 5 rings (SSSR count). The first-order valence-corrected chi connectivity index (χ1v) is 26.1. The molecule has 7 heteroatoms. The van der Waals surface area contributed by atoms with E-state index in [4.69, 9.17) is 14.6 Å². The number of benzene rings is 5. The highest BCUT2D eigenvalue weighted by Gasteiger charge is 2.03. The lowest BCUT2D eigenvalue weighted by atomic mass is 10.0. The highest BCUT2D eigenvalue weighted by atomic mass is 79.9. The Hall–Kier alpha value is -4.69. The Bertz CT molecular complexity index is 1700. The number of methoxy groups -OCH3 is 2. The number of aryl methyl sites for hydroxylation is 6. The predicted octanol–water partition coefficient (Wildman–Crippen LogP) is 16.4. The predicted molar refractivity (Wildman–Crippen MR) is 296 cm³/mol. The van der Waals surface area contributed by atoms with E-state index in [1.807, 2.05) is 30.3 Å². The average molecular weight is 1000 g/mol. The Labute approximate surface area is 423 Å². The van der Waals surface area contributed by atoms with Crippen LogP contribution < -0.4 is 0 Å². The molecule has 5 aromatic carbocycles. The summed E-state index contributed by atoms with van der Waals surface area (Å²) in [6, 6.07) is 47.5. The van der Waals surface area contributed by atoms with Crippen LogP contribution in [0.1, 0.15) is 153 Å². The fourth-order valence-corrected chi connectivity index (χ4v) is 5.91. The molecule has 0 aromatic heterocycles. The summed E-state index contributed by atoms with van der Waals surface area (Å²) in [7, 11) is 3.09. The molecule has 5 aromatic rings. The van der Waals surface area contributed by atoms with E-state index in [9.17, 15) is 14.4 Å². The molecule has 68 heavy (non-hydrogen) atoms. The van der Waals surface area contributed by atoms with Crippen LogP contribution in [0, 0.1) is 0 Å². The molecule has 0 heterocycles. The van der Waals surface area contributed by atoms with Crippen molar-refractivity contribution < 1.29 is 29.0 Å². The zero-order chi connectivity index (χ0) is 51.5. The van der Waals surface area contributed by atoms with Gasteiger partial charge in [0.05, 0.1) is 0 Å². The maximum absolute atomic E-state index is 11.2. The highest BCUT2D eigenvalue weighted by Crippen LogP contribution is 2.10. The lowest BCUT2D eigenvalue weighted by Crippen LogP contribution is -2.07. The molecule has 0 aliphatic heterocycles. The summed E-state index contributed by atoms with van der Waals surface area (Å²) in [5, 5.41) is 9.25. The zero-order valence-electron chi connectivity index (χ0n) is 44.2. The van der Waals surface area contributed by atoms with Crippen molar-refractivity contribution in [2.75, 3.05) is 27.4 Å². The molecular formula is C61H91BrO6. The van der Waals surface area contributed by atoms with Gasteiger partial charge >= 0.3 is 5.97 Å². The van der Waals surface area contributed by atoms with Crippen molar-refractivity contribution in [1.82, 2.24) is 0 Å². The Morgan fingerprint density at radius 2 is 0.662 bits per heavy atom. The number of Topliss-reactive ketones (excluding diaryl/α,β-unsaturated/α-hetero) is 2. The molecule has 1 N–H and O–H groups in total. The van der Waals surface area contributed by atoms with E-state index in [0.29, 0.717) is 19.3 Å². The molecule has 0 unspecified atom stereocenters. The maximum Gasteiger partial charge on any atom is 0.303 e. The van der Waals surface area contributed by atoms with Crippen molar-refractivity contribution >= 4 is 33.5 Å². The quantitative estimate of drug-likeness (QED) is 0.0829. The molecule has 0 aliphatic carbocycles. The Morgan fingerprint density at radius 1 is 0.397 bits per heavy atom. The molecule has 0 amide bonds. The number of rotatable bonds is 19. The van der Waals surface area contributed by atoms with Crippen LogP contribution in [-0.2, 0) is 67.7 Å². The summed E-state index contributed by atoms with van der Waals surface area (Å²) in [6.07, 6.45) is 13.3. The maximum atomic E-state index is 11.2. The van der Waals surface area contributed by atoms with Crippen molar-refractivity contribution in [3.8, 4) is 0 Å². The van der Waals surface area contributed by atoms with Crippen LogP contribution in [0.25, 0.3) is 0 Å². The van der Waals surface area contributed by atoms with Gasteiger partial charge in [0.2, 0.25) is 0 Å². The minimum atomic E-state index is -0.742. The number of hydrogen-bond donors (Lipinski definition) is 1. The molecule has 0 saturated heterocycles. The largest absolute Gasteiger partial charge is 0.481 e. The van der Waals surface area contributed by atoms with Crippen LogP contribution in [0.2, 0.25) is 0 Å². The van der Waals surface area contributed by atoms with Crippen molar-refractivity contribution in [1.29, 1.82) is 0 Å². The van der Waals surface area contributed by atoms with Crippen LogP contribution in [-0.4, -0.2) is 50.1 Å². The standard InChI is InChI=1S/C13H18O2.C12H15BrO2.C9H10O2.2C9H12.3C3H8/c1-3-11-4-6-12(7-5-11)8-9-13(14)10-15-2;1-15-9-12(14)7-6-10-2-4-11(8-13)5-3-10;10-9(11)7-6-8-4-2-1-3-5-8;2*1-2-6-9-7-4-3-5-8-9;3*1-3-2/h4-7H,3,8-10H2,1-2H3;2-5H,6-9H2,1H3;1-5H,6-7H2,(H,10,11);2*3-5,7-8H,2,6H2,1H3;3*3H2,1-2H3. The first-order chi connectivity index (χ1) is 32.9. The summed E-state index contributed by atoms with van der Waals surface area (Å²) in [6.45, 7) is 19.7. The number of carboxylic acid groups (broad SMARTS) is 1. The molecule has 0 atom stereocenters. The molecule has 0 spiro atoms. The topological polar surface area (TPSA) is 89.9 Å². The van der Waals surface area contributed by atoms with Crippen LogP contribution in [0.4, 0.5) is 0 Å². The smallest absolute Gasteiger partial charge is 0.303 e. The number of hydrogen-bond acceptors (Lipinski definition) is 5. The van der Waals surface area contributed by atoms with E-state index in [2.05, 4.69) is 187 Å². The van der Waals surface area contributed by atoms with Crippen molar-refractivity contribution in [3.63, 3.8) is 0 Å². The van der Waals surface area contributed by atoms with Gasteiger partial charge in [-0.25, -0.2) is 0 Å². The van der Waals surface area contributed by atoms with Crippen LogP contribution in [0.3, 0.4) is 0 Å². The van der Waals surface area contributed by atoms with E-state index >= 15 is 0 Å². The molecule has 6 nitrogen and oxygen atoms in total. The van der Waals surface area contributed by atoms with E-state index in [0.717, 1.165) is 30.2 Å². The van der Waals surface area contributed by atoms with Crippen molar-refractivity contribution in [2.24, 2.45) is 0 Å². The first-order valence-electron chi connectivity index (χ1n) is 25.0. The second kappa shape index (κ2) is 51.7. The van der Waals surface area contributed by atoms with Gasteiger partial charge in [-0.2, -0.15) is 0 Å². The van der Waals surface area contributed by atoms with Gasteiger partial charge in [0, 0.05) is 38.8 Å². The molecular weight excluding hydrogens is 909 g/mol. The summed E-state index contributed by atoms with van der Waals surface area (Å²) in [5.41, 5.74) is 8.97. The van der Waals surface area contributed by atoms with E-state index in [1.54, 1.807) is 14.2 Å². The fourth-order valence-electron chi connectivity index (χ4n) is 5.53. The second-order valence-electron chi connectivity index (χ2n) is 16.0. The van der Waals surface area contributed by atoms with Crippen molar-refractivity contribution in [2.45, 2.75) is 158 Å². The average Bonchev–Trinajstić information content (AvgIpc) is 3.35. The molecule has 0 fully saturated rings. The molecule has 0 saturated carbocycles. The zero-order valence-corrected chi connectivity index (χ0v) is 45.8. The number of alkyl halides is 1. The fraction of sp³-hybridized carbons (Fsp3) is 0.459. The van der Waals surface area contributed by atoms with Gasteiger partial charge in [0.15, 0.2) is 11.6 Å². The number of ketones is 2. The normalized spacial score (nSPS) is 9.35. The summed E-state index contributed by atoms with van der Waals surface area (Å²) in [4.78, 5) is 32.6. The van der Waals surface area contributed by atoms with E-state index in [1.165, 1.54) is 78.3 Å². The number of carboxylic acids is 1. The monoisotopic (exact) mass is 999 g/mol. The first kappa shape index (κ1) is 67.6. The number of carbonyl (C=O) groups excluding carboxylic acids is 2. The molecule has 378 valence electrons. The minimum absolute atomic E-state index is 0.155. The van der Waals surface area contributed by atoms with Crippen LogP contribution in [0.5, 0.6) is 0 Å². The lowest BCUT2D eigenvalue weighted by molar-refractivity contribution is -0.137. The SMILES string of the molecule is CCC.CCC.CCC.CCCc1ccccc1.CCCc1ccccc1.CCc1ccc(CCC(=O)COC)cc1.COCC(=O)CCc1ccc(CBr)cc1.O=C(O)CCc1ccccc1. The van der Waals surface area contributed by atoms with Gasteiger partial charge < -0.3 is 14.6 Å². The second-order valence-corrected chi connectivity index (χ2v) is 16.6. The van der Waals surface area contributed by atoms with Crippen LogP contribution >= 0.6 is 15.9 Å². The van der Waals surface area contributed by atoms with E-state index in [-0.39, 0.29) is 31.2 Å². The molecule has 0 aliphatic rings. The number of carbonyl (C=O) groups is 3. The molecule has 0 radical (unpaired) electrons.